The lowest BCUT2D eigenvalue weighted by atomic mass is 10.0. The van der Waals surface area contributed by atoms with E-state index in [1.807, 2.05) is 13.8 Å². The zero-order valence-corrected chi connectivity index (χ0v) is 14.0. The average Bonchev–Trinajstić information content (AvgIpc) is 2.78. The number of hydrogen-bond acceptors (Lipinski definition) is 3. The van der Waals surface area contributed by atoms with Gasteiger partial charge in [-0.15, -0.1) is 0 Å². The van der Waals surface area contributed by atoms with Gasteiger partial charge < -0.3 is 14.7 Å². The molecule has 1 heterocycles. The maximum absolute atomic E-state index is 12.3. The van der Waals surface area contributed by atoms with Crippen molar-refractivity contribution in [2.24, 2.45) is 0 Å². The summed E-state index contributed by atoms with van der Waals surface area (Å²) in [5.41, 5.74) is 3.69. The van der Waals surface area contributed by atoms with Crippen LogP contribution in [0.1, 0.15) is 37.0 Å². The van der Waals surface area contributed by atoms with E-state index in [4.69, 9.17) is 4.74 Å². The zero-order valence-electron chi connectivity index (χ0n) is 14.0. The highest BCUT2D eigenvalue weighted by atomic mass is 16.5. The molecule has 1 saturated heterocycles. The van der Waals surface area contributed by atoms with Crippen LogP contribution in [0.15, 0.2) is 18.2 Å². The van der Waals surface area contributed by atoms with Crippen LogP contribution in [0.3, 0.4) is 0 Å². The summed E-state index contributed by atoms with van der Waals surface area (Å²) in [6.07, 6.45) is 0.445. The van der Waals surface area contributed by atoms with Gasteiger partial charge in [0.05, 0.1) is 12.2 Å². The maximum Gasteiger partial charge on any atom is 0.223 e. The Kier molecular flexibility index (Phi) is 5.59. The van der Waals surface area contributed by atoms with Crippen LogP contribution in [0.2, 0.25) is 0 Å². The molecule has 1 aliphatic rings. The first-order chi connectivity index (χ1) is 10.4. The summed E-state index contributed by atoms with van der Waals surface area (Å²) in [5, 5.41) is 10.00. The van der Waals surface area contributed by atoms with Crippen molar-refractivity contribution in [1.82, 2.24) is 4.90 Å². The Bertz CT molecular complexity index is 527. The Labute approximate surface area is 133 Å². The van der Waals surface area contributed by atoms with Crippen molar-refractivity contribution in [1.29, 1.82) is 0 Å². The van der Waals surface area contributed by atoms with Crippen LogP contribution in [0.25, 0.3) is 0 Å². The highest BCUT2D eigenvalue weighted by Gasteiger charge is 2.34. The number of aliphatic hydroxyl groups is 1. The van der Waals surface area contributed by atoms with Gasteiger partial charge in [-0.25, -0.2) is 0 Å². The third kappa shape index (κ3) is 4.31. The van der Waals surface area contributed by atoms with Crippen LogP contribution in [0, 0.1) is 13.8 Å². The largest absolute Gasteiger partial charge is 0.388 e. The van der Waals surface area contributed by atoms with Crippen molar-refractivity contribution in [2.75, 3.05) is 13.1 Å². The Morgan fingerprint density at radius 3 is 2.73 bits per heavy atom. The van der Waals surface area contributed by atoms with Crippen molar-refractivity contribution in [3.8, 4) is 0 Å². The Morgan fingerprint density at radius 1 is 1.36 bits per heavy atom. The van der Waals surface area contributed by atoms with E-state index in [0.29, 0.717) is 19.5 Å². The molecular weight excluding hydrogens is 278 g/mol. The molecule has 0 saturated carbocycles. The fourth-order valence-corrected chi connectivity index (χ4v) is 2.97. The average molecular weight is 305 g/mol. The minimum Gasteiger partial charge on any atom is -0.388 e. The normalized spacial score (nSPS) is 21.6. The molecule has 0 bridgehead atoms. The maximum atomic E-state index is 12.3. The second-order valence-electron chi connectivity index (χ2n) is 6.52. The number of ether oxygens (including phenoxy) is 1. The van der Waals surface area contributed by atoms with Crippen LogP contribution in [0.4, 0.5) is 0 Å². The van der Waals surface area contributed by atoms with Gasteiger partial charge in [-0.2, -0.15) is 0 Å². The predicted molar refractivity (Wildman–Crippen MR) is 86.8 cm³/mol. The van der Waals surface area contributed by atoms with Gasteiger partial charge in [0.25, 0.3) is 0 Å². The van der Waals surface area contributed by atoms with Crippen molar-refractivity contribution < 1.29 is 14.6 Å². The SMILES string of the molecule is Cc1ccc(CCC(=O)N2C[C@H](OC(C)C)[C@@H](O)C2)c(C)c1. The van der Waals surface area contributed by atoms with Crippen LogP contribution in [-0.2, 0) is 16.0 Å². The summed E-state index contributed by atoms with van der Waals surface area (Å²) in [7, 11) is 0. The summed E-state index contributed by atoms with van der Waals surface area (Å²) in [6, 6.07) is 6.33. The first-order valence-corrected chi connectivity index (χ1v) is 8.04. The number of β-amino-alcohol motifs (C(OH)–C–C–N with tert-alkyl or cyclic N) is 1. The molecule has 1 aliphatic heterocycles. The molecule has 0 radical (unpaired) electrons. The van der Waals surface area contributed by atoms with Crippen LogP contribution in [0.5, 0.6) is 0 Å². The quantitative estimate of drug-likeness (QED) is 0.907. The topological polar surface area (TPSA) is 49.8 Å². The van der Waals surface area contributed by atoms with Gasteiger partial charge in [-0.05, 0) is 45.2 Å². The first kappa shape index (κ1) is 17.0. The summed E-state index contributed by atoms with van der Waals surface area (Å²) >= 11 is 0. The second kappa shape index (κ2) is 7.25. The summed E-state index contributed by atoms with van der Waals surface area (Å²) in [4.78, 5) is 14.1. The minimum atomic E-state index is -0.576. The molecule has 122 valence electrons. The molecule has 2 atom stereocenters. The number of aryl methyl sites for hydroxylation is 3. The van der Waals surface area contributed by atoms with E-state index in [-0.39, 0.29) is 18.1 Å². The van der Waals surface area contributed by atoms with E-state index in [0.717, 1.165) is 6.42 Å². The number of likely N-dealkylation sites (tertiary alicyclic amines) is 1. The van der Waals surface area contributed by atoms with E-state index in [9.17, 15) is 9.90 Å². The highest BCUT2D eigenvalue weighted by molar-refractivity contribution is 5.77. The summed E-state index contributed by atoms with van der Waals surface area (Å²) < 4.78 is 5.65. The summed E-state index contributed by atoms with van der Waals surface area (Å²) in [6.45, 7) is 8.91. The summed E-state index contributed by atoms with van der Waals surface area (Å²) in [5.74, 6) is 0.0916. The van der Waals surface area contributed by atoms with Crippen LogP contribution in [-0.4, -0.2) is 47.3 Å². The lowest BCUT2D eigenvalue weighted by Gasteiger charge is -2.18. The molecule has 0 aliphatic carbocycles. The molecule has 22 heavy (non-hydrogen) atoms. The Balaban J connectivity index is 1.88. The molecule has 0 spiro atoms. The van der Waals surface area contributed by atoms with Gasteiger partial charge in [0.1, 0.15) is 6.10 Å². The van der Waals surface area contributed by atoms with Gasteiger partial charge in [0.15, 0.2) is 0 Å². The van der Waals surface area contributed by atoms with Gasteiger partial charge in [-0.3, -0.25) is 4.79 Å². The van der Waals surface area contributed by atoms with E-state index in [2.05, 4.69) is 32.0 Å². The number of hydrogen-bond donors (Lipinski definition) is 1. The standard InChI is InChI=1S/C18H27NO3/c1-12(2)22-17-11-19(10-16(17)20)18(21)8-7-15-6-5-13(3)9-14(15)4/h5-6,9,12,16-17,20H,7-8,10-11H2,1-4H3/t16-,17-/m0/s1. The lowest BCUT2D eigenvalue weighted by Crippen LogP contribution is -2.31. The van der Waals surface area contributed by atoms with Crippen molar-refractivity contribution in [3.63, 3.8) is 0 Å². The van der Waals surface area contributed by atoms with E-state index < -0.39 is 6.10 Å². The molecule has 1 amide bonds. The van der Waals surface area contributed by atoms with Gasteiger partial charge >= 0.3 is 0 Å². The Hall–Kier alpha value is -1.39. The third-order valence-electron chi connectivity index (χ3n) is 4.14. The smallest absolute Gasteiger partial charge is 0.223 e. The first-order valence-electron chi connectivity index (χ1n) is 8.04. The molecule has 4 heteroatoms. The fourth-order valence-electron chi connectivity index (χ4n) is 2.97. The number of carbonyl (C=O) groups is 1. The van der Waals surface area contributed by atoms with Gasteiger partial charge in [0.2, 0.25) is 5.91 Å². The predicted octanol–water partition coefficient (Wildman–Crippen LogP) is 2.23. The molecule has 1 N–H and O–H groups in total. The van der Waals surface area contributed by atoms with E-state index in [1.165, 1.54) is 16.7 Å². The monoisotopic (exact) mass is 305 g/mol. The number of carbonyl (C=O) groups excluding carboxylic acids is 1. The van der Waals surface area contributed by atoms with Crippen molar-refractivity contribution >= 4 is 5.91 Å². The lowest BCUT2D eigenvalue weighted by molar-refractivity contribution is -0.130. The fraction of sp³-hybridized carbons (Fsp3) is 0.611. The van der Waals surface area contributed by atoms with Crippen molar-refractivity contribution in [2.45, 2.75) is 58.8 Å². The second-order valence-corrected chi connectivity index (χ2v) is 6.52. The minimum absolute atomic E-state index is 0.0601. The molecule has 4 nitrogen and oxygen atoms in total. The Morgan fingerprint density at radius 2 is 2.09 bits per heavy atom. The van der Waals surface area contributed by atoms with E-state index in [1.54, 1.807) is 4.90 Å². The van der Waals surface area contributed by atoms with Gasteiger partial charge in [0, 0.05) is 19.5 Å². The molecule has 0 aromatic heterocycles. The van der Waals surface area contributed by atoms with Crippen LogP contribution >= 0.6 is 0 Å². The van der Waals surface area contributed by atoms with Crippen molar-refractivity contribution in [3.05, 3.63) is 34.9 Å². The molecule has 1 aromatic carbocycles. The molecule has 1 aromatic rings. The molecular formula is C18H27NO3. The molecule has 0 unspecified atom stereocenters. The zero-order chi connectivity index (χ0) is 16.3. The molecule has 1 fully saturated rings. The number of benzene rings is 1. The number of nitrogens with zero attached hydrogens (tertiary/aromatic N) is 1. The number of aliphatic hydroxyl groups excluding tert-OH is 1. The van der Waals surface area contributed by atoms with Crippen LogP contribution < -0.4 is 0 Å². The van der Waals surface area contributed by atoms with E-state index >= 15 is 0 Å². The third-order valence-corrected chi connectivity index (χ3v) is 4.14. The number of amides is 1. The van der Waals surface area contributed by atoms with Gasteiger partial charge in [-0.1, -0.05) is 23.8 Å². The highest BCUT2D eigenvalue weighted by Crippen LogP contribution is 2.18. The number of rotatable bonds is 5. The molecule has 2 rings (SSSR count).